The number of aryl methyl sites for hydroxylation is 1. The van der Waals surface area contributed by atoms with Crippen LogP contribution in [0.2, 0.25) is 0 Å². The van der Waals surface area contributed by atoms with Crippen molar-refractivity contribution in [3.05, 3.63) is 47.2 Å². The van der Waals surface area contributed by atoms with Gasteiger partial charge in [0.25, 0.3) is 0 Å². The summed E-state index contributed by atoms with van der Waals surface area (Å²) in [5, 5.41) is 0. The van der Waals surface area contributed by atoms with E-state index in [0.29, 0.717) is 11.4 Å². The first kappa shape index (κ1) is 13.6. The maximum absolute atomic E-state index is 12.0. The van der Waals surface area contributed by atoms with Gasteiger partial charge in [-0.25, -0.2) is 0 Å². The number of rotatable bonds is 3. The second-order valence-corrected chi connectivity index (χ2v) is 5.38. The van der Waals surface area contributed by atoms with Crippen molar-refractivity contribution in [2.45, 2.75) is 6.92 Å². The molecule has 0 aliphatic carbocycles. The molecular formula is C15H14N2O3S. The summed E-state index contributed by atoms with van der Waals surface area (Å²) in [5.41, 5.74) is 0.940. The number of hydrogen-bond acceptors (Lipinski definition) is 4. The summed E-state index contributed by atoms with van der Waals surface area (Å²) in [6.45, 7) is 2.53. The number of nitrogens with zero attached hydrogens (tertiary/aromatic N) is 2. The van der Waals surface area contributed by atoms with E-state index in [9.17, 15) is 4.79 Å². The lowest BCUT2D eigenvalue weighted by molar-refractivity contribution is 0.0971. The SMILES string of the molecule is CCOc1cccc2sc(=NC(=O)c3ccco3)n(C)c12. The lowest BCUT2D eigenvalue weighted by Gasteiger charge is -2.05. The van der Waals surface area contributed by atoms with Crippen molar-refractivity contribution in [1.82, 2.24) is 4.57 Å². The van der Waals surface area contributed by atoms with Crippen LogP contribution in [0.3, 0.4) is 0 Å². The molecule has 0 fully saturated rings. The molecule has 0 radical (unpaired) electrons. The standard InChI is InChI=1S/C15H14N2O3S/c1-3-19-10-6-4-8-12-13(10)17(2)15(21-12)16-14(18)11-7-5-9-20-11/h4-9H,3H2,1-2H3. The minimum atomic E-state index is -0.389. The predicted octanol–water partition coefficient (Wildman–Crippen LogP) is 2.97. The van der Waals surface area contributed by atoms with Crippen LogP contribution in [0, 0.1) is 0 Å². The summed E-state index contributed by atoms with van der Waals surface area (Å²) in [4.78, 5) is 16.8. The van der Waals surface area contributed by atoms with Crippen molar-refractivity contribution in [2.24, 2.45) is 12.0 Å². The zero-order valence-electron chi connectivity index (χ0n) is 11.7. The van der Waals surface area contributed by atoms with Crippen molar-refractivity contribution in [3.63, 3.8) is 0 Å². The summed E-state index contributed by atoms with van der Waals surface area (Å²) in [6, 6.07) is 9.10. The fourth-order valence-electron chi connectivity index (χ4n) is 2.09. The number of benzene rings is 1. The summed E-state index contributed by atoms with van der Waals surface area (Å²) in [5.74, 6) is 0.637. The van der Waals surface area contributed by atoms with Crippen LogP contribution in [-0.4, -0.2) is 17.1 Å². The van der Waals surface area contributed by atoms with Gasteiger partial charge in [-0.05, 0) is 31.2 Å². The van der Waals surface area contributed by atoms with Crippen LogP contribution in [0.4, 0.5) is 0 Å². The Labute approximate surface area is 125 Å². The normalized spacial score (nSPS) is 12.0. The molecule has 0 atom stereocenters. The third-order valence-electron chi connectivity index (χ3n) is 3.01. The molecule has 0 unspecified atom stereocenters. The first-order valence-corrected chi connectivity index (χ1v) is 7.36. The minimum absolute atomic E-state index is 0.234. The molecule has 0 aliphatic heterocycles. The summed E-state index contributed by atoms with van der Waals surface area (Å²) < 4.78 is 13.6. The quantitative estimate of drug-likeness (QED) is 0.747. The smallest absolute Gasteiger partial charge is 0.315 e. The Balaban J connectivity index is 2.14. The third-order valence-corrected chi connectivity index (χ3v) is 4.11. The number of amides is 1. The molecule has 0 bridgehead atoms. The van der Waals surface area contributed by atoms with Crippen LogP contribution in [-0.2, 0) is 7.05 Å². The molecular weight excluding hydrogens is 288 g/mol. The number of fused-ring (bicyclic) bond motifs is 1. The molecule has 2 heterocycles. The second-order valence-electron chi connectivity index (χ2n) is 4.37. The summed E-state index contributed by atoms with van der Waals surface area (Å²) >= 11 is 1.44. The van der Waals surface area contributed by atoms with Gasteiger partial charge < -0.3 is 13.7 Å². The molecule has 2 aromatic heterocycles. The van der Waals surface area contributed by atoms with E-state index in [4.69, 9.17) is 9.15 Å². The van der Waals surface area contributed by atoms with Gasteiger partial charge in [-0.2, -0.15) is 4.99 Å². The molecule has 21 heavy (non-hydrogen) atoms. The molecule has 108 valence electrons. The molecule has 0 aliphatic rings. The van der Waals surface area contributed by atoms with E-state index in [1.807, 2.05) is 36.7 Å². The highest BCUT2D eigenvalue weighted by molar-refractivity contribution is 7.16. The van der Waals surface area contributed by atoms with E-state index in [1.54, 1.807) is 12.1 Å². The second kappa shape index (κ2) is 5.57. The summed E-state index contributed by atoms with van der Waals surface area (Å²) in [7, 11) is 1.87. The molecule has 5 nitrogen and oxygen atoms in total. The highest BCUT2D eigenvalue weighted by Gasteiger charge is 2.11. The van der Waals surface area contributed by atoms with E-state index in [0.717, 1.165) is 16.0 Å². The predicted molar refractivity (Wildman–Crippen MR) is 80.6 cm³/mol. The fourth-order valence-corrected chi connectivity index (χ4v) is 3.12. The van der Waals surface area contributed by atoms with Crippen LogP contribution in [0.1, 0.15) is 17.5 Å². The molecule has 1 amide bonds. The van der Waals surface area contributed by atoms with Crippen LogP contribution in [0.15, 0.2) is 46.0 Å². The van der Waals surface area contributed by atoms with Crippen LogP contribution < -0.4 is 9.54 Å². The Bertz CT molecular complexity index is 844. The average Bonchev–Trinajstić information content (AvgIpc) is 3.09. The maximum atomic E-state index is 12.0. The summed E-state index contributed by atoms with van der Waals surface area (Å²) in [6.07, 6.45) is 1.46. The number of ether oxygens (including phenoxy) is 1. The molecule has 0 spiro atoms. The van der Waals surface area contributed by atoms with Crippen molar-refractivity contribution >= 4 is 27.5 Å². The van der Waals surface area contributed by atoms with Gasteiger partial charge in [-0.3, -0.25) is 4.79 Å². The minimum Gasteiger partial charge on any atom is -0.492 e. The van der Waals surface area contributed by atoms with Crippen LogP contribution >= 0.6 is 11.3 Å². The average molecular weight is 302 g/mol. The van der Waals surface area contributed by atoms with E-state index in [1.165, 1.54) is 17.6 Å². The van der Waals surface area contributed by atoms with E-state index in [-0.39, 0.29) is 11.7 Å². The highest BCUT2D eigenvalue weighted by atomic mass is 32.1. The number of furan rings is 1. The lowest BCUT2D eigenvalue weighted by atomic mass is 10.3. The number of thiazole rings is 1. The van der Waals surface area contributed by atoms with Gasteiger partial charge in [-0.15, -0.1) is 0 Å². The van der Waals surface area contributed by atoms with Gasteiger partial charge in [0.05, 0.1) is 17.6 Å². The van der Waals surface area contributed by atoms with E-state index >= 15 is 0 Å². The number of aromatic nitrogens is 1. The van der Waals surface area contributed by atoms with Gasteiger partial charge in [0.15, 0.2) is 10.6 Å². The maximum Gasteiger partial charge on any atom is 0.315 e. The fraction of sp³-hybridized carbons (Fsp3) is 0.200. The molecule has 3 rings (SSSR count). The van der Waals surface area contributed by atoms with Gasteiger partial charge >= 0.3 is 5.91 Å². The molecule has 6 heteroatoms. The first-order chi connectivity index (χ1) is 10.2. The van der Waals surface area contributed by atoms with Crippen molar-refractivity contribution in [3.8, 4) is 5.75 Å². The Morgan fingerprint density at radius 2 is 2.24 bits per heavy atom. The first-order valence-electron chi connectivity index (χ1n) is 6.54. The lowest BCUT2D eigenvalue weighted by Crippen LogP contribution is -2.13. The Morgan fingerprint density at radius 1 is 1.38 bits per heavy atom. The molecule has 0 N–H and O–H groups in total. The topological polar surface area (TPSA) is 56.7 Å². The van der Waals surface area contributed by atoms with E-state index < -0.39 is 0 Å². The van der Waals surface area contributed by atoms with Crippen molar-refractivity contribution in [2.75, 3.05) is 6.61 Å². The van der Waals surface area contributed by atoms with Gasteiger partial charge in [0.2, 0.25) is 0 Å². The molecule has 3 aromatic rings. The van der Waals surface area contributed by atoms with Crippen LogP contribution in [0.5, 0.6) is 5.75 Å². The molecule has 0 saturated carbocycles. The zero-order valence-corrected chi connectivity index (χ0v) is 12.5. The number of hydrogen-bond donors (Lipinski definition) is 0. The number of carbonyl (C=O) groups is 1. The molecule has 1 aromatic carbocycles. The molecule has 0 saturated heterocycles. The highest BCUT2D eigenvalue weighted by Crippen LogP contribution is 2.26. The Morgan fingerprint density at radius 3 is 2.95 bits per heavy atom. The number of para-hydroxylation sites is 1. The van der Waals surface area contributed by atoms with Gasteiger partial charge in [0.1, 0.15) is 11.3 Å². The van der Waals surface area contributed by atoms with Gasteiger partial charge in [0, 0.05) is 7.05 Å². The largest absolute Gasteiger partial charge is 0.492 e. The Hall–Kier alpha value is -2.34. The van der Waals surface area contributed by atoms with Gasteiger partial charge in [-0.1, -0.05) is 17.4 Å². The zero-order chi connectivity index (χ0) is 14.8. The van der Waals surface area contributed by atoms with Crippen LogP contribution in [0.25, 0.3) is 10.2 Å². The van der Waals surface area contributed by atoms with Crippen molar-refractivity contribution in [1.29, 1.82) is 0 Å². The number of carbonyl (C=O) groups excluding carboxylic acids is 1. The van der Waals surface area contributed by atoms with Crippen molar-refractivity contribution < 1.29 is 13.9 Å². The van der Waals surface area contributed by atoms with E-state index in [2.05, 4.69) is 4.99 Å². The Kier molecular flexibility index (Phi) is 3.62. The monoisotopic (exact) mass is 302 g/mol. The third kappa shape index (κ3) is 2.50.